The van der Waals surface area contributed by atoms with Crippen molar-refractivity contribution in [1.29, 1.82) is 0 Å². The Bertz CT molecular complexity index is 199. The van der Waals surface area contributed by atoms with Crippen molar-refractivity contribution in [1.82, 2.24) is 9.96 Å². The van der Waals surface area contributed by atoms with E-state index >= 15 is 0 Å². The van der Waals surface area contributed by atoms with Crippen LogP contribution in [0, 0.1) is 0 Å². The third-order valence-electron chi connectivity index (χ3n) is 1.83. The first kappa shape index (κ1) is 10.2. The van der Waals surface area contributed by atoms with E-state index < -0.39 is 12.6 Å². The largest absolute Gasteiger partial charge is 0.365 e. The molecule has 0 aromatic heterocycles. The fourth-order valence-electron chi connectivity index (χ4n) is 1.21. The average molecular weight is 194 g/mol. The molecule has 0 spiro atoms. The summed E-state index contributed by atoms with van der Waals surface area (Å²) in [5.41, 5.74) is 0. The Morgan fingerprint density at radius 1 is 1.38 bits per heavy atom. The Hall–Kier alpha value is -0.910. The van der Waals surface area contributed by atoms with Crippen molar-refractivity contribution in [2.24, 2.45) is 0 Å². The molecular weight excluding hydrogens is 182 g/mol. The minimum atomic E-state index is -2.93. The second kappa shape index (κ2) is 3.87. The second-order valence-electron chi connectivity index (χ2n) is 3.04. The van der Waals surface area contributed by atoms with Crippen LogP contribution in [0.1, 0.15) is 13.8 Å². The zero-order chi connectivity index (χ0) is 10.0. The number of hydroxylamine groups is 2. The molecule has 0 aromatic carbocycles. The molecule has 4 nitrogen and oxygen atoms in total. The first-order chi connectivity index (χ1) is 6.02. The summed E-state index contributed by atoms with van der Waals surface area (Å²) in [4.78, 5) is 16.8. The Morgan fingerprint density at radius 3 is 2.38 bits per heavy atom. The number of carbonyl (C=O) groups excluding carboxylic acids is 1. The minimum Gasteiger partial charge on any atom is -0.319 e. The van der Waals surface area contributed by atoms with E-state index in [1.807, 2.05) is 13.8 Å². The minimum absolute atomic E-state index is 0.0128. The number of amides is 2. The van der Waals surface area contributed by atoms with E-state index in [-0.39, 0.29) is 12.6 Å². The third-order valence-corrected chi connectivity index (χ3v) is 1.83. The second-order valence-corrected chi connectivity index (χ2v) is 3.04. The molecule has 1 heterocycles. The number of hydrogen-bond donors (Lipinski definition) is 0. The summed E-state index contributed by atoms with van der Waals surface area (Å²) < 4.78 is 23.5. The van der Waals surface area contributed by atoms with Crippen LogP contribution in [-0.2, 0) is 4.84 Å². The van der Waals surface area contributed by atoms with E-state index in [0.29, 0.717) is 11.6 Å². The Labute approximate surface area is 75.0 Å². The quantitative estimate of drug-likeness (QED) is 0.678. The van der Waals surface area contributed by atoms with Crippen LogP contribution in [0.5, 0.6) is 0 Å². The topological polar surface area (TPSA) is 32.8 Å². The number of halogens is 2. The van der Waals surface area contributed by atoms with Gasteiger partial charge in [-0.25, -0.2) is 4.79 Å². The van der Waals surface area contributed by atoms with Crippen LogP contribution in [0.2, 0.25) is 0 Å². The maximum atomic E-state index is 11.8. The molecule has 1 fully saturated rings. The van der Waals surface area contributed by atoms with E-state index in [2.05, 4.69) is 4.84 Å². The molecule has 0 aliphatic carbocycles. The van der Waals surface area contributed by atoms with Gasteiger partial charge in [0.15, 0.2) is 0 Å². The zero-order valence-electron chi connectivity index (χ0n) is 7.54. The Kier molecular flexibility index (Phi) is 3.02. The SMILES string of the molecule is CC(C)N1CCN(OC(F)F)C1=O. The molecule has 0 bridgehead atoms. The van der Waals surface area contributed by atoms with Crippen molar-refractivity contribution < 1.29 is 18.4 Å². The van der Waals surface area contributed by atoms with Crippen LogP contribution in [0.4, 0.5) is 13.6 Å². The van der Waals surface area contributed by atoms with Gasteiger partial charge in [-0.15, -0.1) is 0 Å². The van der Waals surface area contributed by atoms with E-state index in [1.54, 1.807) is 0 Å². The molecule has 0 radical (unpaired) electrons. The highest BCUT2D eigenvalue weighted by Gasteiger charge is 2.32. The zero-order valence-corrected chi connectivity index (χ0v) is 7.54. The predicted molar refractivity (Wildman–Crippen MR) is 41.0 cm³/mol. The number of carbonyl (C=O) groups is 1. The van der Waals surface area contributed by atoms with Crippen LogP contribution in [0.3, 0.4) is 0 Å². The van der Waals surface area contributed by atoms with Gasteiger partial charge >= 0.3 is 12.6 Å². The maximum absolute atomic E-state index is 11.8. The number of hydrogen-bond acceptors (Lipinski definition) is 2. The highest BCUT2D eigenvalue weighted by Crippen LogP contribution is 2.14. The summed E-state index contributed by atoms with van der Waals surface area (Å²) in [5.74, 6) is 0. The lowest BCUT2D eigenvalue weighted by Gasteiger charge is -2.20. The van der Waals surface area contributed by atoms with Gasteiger partial charge in [0.25, 0.3) is 0 Å². The van der Waals surface area contributed by atoms with Crippen molar-refractivity contribution in [3.05, 3.63) is 0 Å². The molecule has 1 rings (SSSR count). The summed E-state index contributed by atoms with van der Waals surface area (Å²) in [6.07, 6.45) is 0. The molecule has 1 aliphatic rings. The lowest BCUT2D eigenvalue weighted by Crippen LogP contribution is -2.36. The molecule has 1 aliphatic heterocycles. The fourth-order valence-corrected chi connectivity index (χ4v) is 1.21. The van der Waals surface area contributed by atoms with Crippen molar-refractivity contribution >= 4 is 6.03 Å². The molecule has 6 heteroatoms. The maximum Gasteiger partial charge on any atom is 0.365 e. The number of alkyl halides is 2. The summed E-state index contributed by atoms with van der Waals surface area (Å²) >= 11 is 0. The molecule has 13 heavy (non-hydrogen) atoms. The molecule has 0 N–H and O–H groups in total. The summed E-state index contributed by atoms with van der Waals surface area (Å²) in [5, 5.41) is 0.699. The molecule has 76 valence electrons. The highest BCUT2D eigenvalue weighted by molar-refractivity contribution is 5.75. The average Bonchev–Trinajstić information content (AvgIpc) is 2.32. The van der Waals surface area contributed by atoms with Gasteiger partial charge in [-0.3, -0.25) is 0 Å². The Morgan fingerprint density at radius 2 is 2.00 bits per heavy atom. The first-order valence-electron chi connectivity index (χ1n) is 4.05. The van der Waals surface area contributed by atoms with Gasteiger partial charge in [-0.2, -0.15) is 18.7 Å². The van der Waals surface area contributed by atoms with Crippen molar-refractivity contribution in [2.45, 2.75) is 26.5 Å². The van der Waals surface area contributed by atoms with E-state index in [0.717, 1.165) is 0 Å². The van der Waals surface area contributed by atoms with Crippen LogP contribution in [0.15, 0.2) is 0 Å². The normalized spacial score (nSPS) is 18.2. The number of nitrogens with zero attached hydrogens (tertiary/aromatic N) is 2. The monoisotopic (exact) mass is 194 g/mol. The third kappa shape index (κ3) is 2.27. The fraction of sp³-hybridized carbons (Fsp3) is 0.857. The van der Waals surface area contributed by atoms with Gasteiger partial charge < -0.3 is 4.90 Å². The molecule has 0 saturated carbocycles. The Balaban J connectivity index is 2.50. The summed E-state index contributed by atoms with van der Waals surface area (Å²) in [6.45, 7) is 1.34. The molecule has 0 aromatic rings. The van der Waals surface area contributed by atoms with Gasteiger partial charge in [0.2, 0.25) is 0 Å². The summed E-state index contributed by atoms with van der Waals surface area (Å²) in [6, 6.07) is -0.478. The van der Waals surface area contributed by atoms with E-state index in [1.165, 1.54) is 4.90 Å². The molecule has 0 atom stereocenters. The molecule has 1 saturated heterocycles. The number of urea groups is 1. The van der Waals surface area contributed by atoms with Gasteiger partial charge in [0.05, 0.1) is 6.54 Å². The van der Waals surface area contributed by atoms with Crippen molar-refractivity contribution in [2.75, 3.05) is 13.1 Å². The smallest absolute Gasteiger partial charge is 0.319 e. The summed E-state index contributed by atoms with van der Waals surface area (Å²) in [7, 11) is 0. The van der Waals surface area contributed by atoms with Gasteiger partial charge in [-0.05, 0) is 13.8 Å². The molecular formula is C7H12F2N2O2. The van der Waals surface area contributed by atoms with Crippen LogP contribution in [-0.4, -0.2) is 41.7 Å². The highest BCUT2D eigenvalue weighted by atomic mass is 19.3. The van der Waals surface area contributed by atoms with E-state index in [9.17, 15) is 13.6 Å². The standard InChI is InChI=1S/C7H12F2N2O2/c1-5(2)10-3-4-11(7(10)12)13-6(8)9/h5-6H,3-4H2,1-2H3. The van der Waals surface area contributed by atoms with Gasteiger partial charge in [0.1, 0.15) is 0 Å². The first-order valence-corrected chi connectivity index (χ1v) is 4.05. The van der Waals surface area contributed by atoms with Crippen LogP contribution < -0.4 is 0 Å². The number of rotatable bonds is 3. The van der Waals surface area contributed by atoms with Crippen molar-refractivity contribution in [3.63, 3.8) is 0 Å². The van der Waals surface area contributed by atoms with Gasteiger partial charge in [-0.1, -0.05) is 0 Å². The predicted octanol–water partition coefficient (Wildman–Crippen LogP) is 1.29. The molecule has 2 amide bonds. The lowest BCUT2D eigenvalue weighted by molar-refractivity contribution is -0.250. The van der Waals surface area contributed by atoms with Crippen molar-refractivity contribution in [3.8, 4) is 0 Å². The van der Waals surface area contributed by atoms with Gasteiger partial charge in [0, 0.05) is 12.6 Å². The molecule has 0 unspecified atom stereocenters. The van der Waals surface area contributed by atoms with Crippen LogP contribution in [0.25, 0.3) is 0 Å². The van der Waals surface area contributed by atoms with Crippen LogP contribution >= 0.6 is 0 Å². The lowest BCUT2D eigenvalue weighted by atomic mass is 10.3. The van der Waals surface area contributed by atoms with E-state index in [4.69, 9.17) is 0 Å².